The van der Waals surface area contributed by atoms with Gasteiger partial charge in [0.15, 0.2) is 5.65 Å². The van der Waals surface area contributed by atoms with Crippen LogP contribution in [-0.2, 0) is 0 Å². The van der Waals surface area contributed by atoms with E-state index in [-0.39, 0.29) is 5.56 Å². The Labute approximate surface area is 146 Å². The molecule has 0 unspecified atom stereocenters. The lowest BCUT2D eigenvalue weighted by atomic mass is 10.1. The molecule has 2 aromatic heterocycles. The summed E-state index contributed by atoms with van der Waals surface area (Å²) < 4.78 is 7.15. The largest absolute Gasteiger partial charge is 0.476 e. The topological polar surface area (TPSA) is 69.4 Å². The van der Waals surface area contributed by atoms with Crippen molar-refractivity contribution in [3.8, 4) is 5.88 Å². The second kappa shape index (κ2) is 8.55. The zero-order valence-electron chi connectivity index (χ0n) is 14.6. The number of ether oxygens (including phenoxy) is 1. The van der Waals surface area contributed by atoms with Crippen LogP contribution in [0.2, 0.25) is 0 Å². The summed E-state index contributed by atoms with van der Waals surface area (Å²) in [4.78, 5) is 12.0. The summed E-state index contributed by atoms with van der Waals surface area (Å²) in [6.45, 7) is 2.83. The first-order valence-corrected chi connectivity index (χ1v) is 9.07. The van der Waals surface area contributed by atoms with Crippen LogP contribution in [0.5, 0.6) is 5.88 Å². The maximum atomic E-state index is 12.0. The smallest absolute Gasteiger partial charge is 0.293 e. The number of rotatable bonds is 9. The first-order chi connectivity index (χ1) is 12.3. The molecule has 0 radical (unpaired) electrons. The monoisotopic (exact) mass is 340 g/mol. The van der Waals surface area contributed by atoms with Crippen molar-refractivity contribution < 1.29 is 4.74 Å². The van der Waals surface area contributed by atoms with E-state index in [1.165, 1.54) is 36.6 Å². The summed E-state index contributed by atoms with van der Waals surface area (Å²) in [6, 6.07) is 7.67. The summed E-state index contributed by atoms with van der Waals surface area (Å²) in [5.41, 5.74) is 0.142. The minimum atomic E-state index is -0.309. The third kappa shape index (κ3) is 4.13. The van der Waals surface area contributed by atoms with Crippen LogP contribution in [0.1, 0.15) is 51.9 Å². The van der Waals surface area contributed by atoms with Gasteiger partial charge in [0.1, 0.15) is 6.20 Å². The molecule has 1 aromatic carbocycles. The Morgan fingerprint density at radius 3 is 2.52 bits per heavy atom. The molecule has 0 bridgehead atoms. The second-order valence-electron chi connectivity index (χ2n) is 6.24. The normalized spacial score (nSPS) is 11.2. The van der Waals surface area contributed by atoms with Gasteiger partial charge in [0.05, 0.1) is 6.61 Å². The SMILES string of the molecule is CCCCCCCCCOc1nn2c(=O)cnnc2c2ccccc12. The molecular weight excluding hydrogens is 316 g/mol. The summed E-state index contributed by atoms with van der Waals surface area (Å²) >= 11 is 0. The standard InChI is InChI=1S/C19H24N4O2/c1-2-3-4-5-6-7-10-13-25-19-16-12-9-8-11-15(16)18-21-20-14-17(24)23(18)22-19/h8-9,11-12,14H,2-7,10,13H2,1H3. The predicted octanol–water partition coefficient (Wildman–Crippen LogP) is 3.77. The summed E-state index contributed by atoms with van der Waals surface area (Å²) in [7, 11) is 0. The number of hydrogen-bond donors (Lipinski definition) is 0. The maximum absolute atomic E-state index is 12.0. The van der Waals surface area contributed by atoms with Crippen molar-refractivity contribution in [2.75, 3.05) is 6.61 Å². The molecule has 0 spiro atoms. The van der Waals surface area contributed by atoms with E-state index in [4.69, 9.17) is 4.74 Å². The van der Waals surface area contributed by atoms with Crippen molar-refractivity contribution in [1.29, 1.82) is 0 Å². The highest BCUT2D eigenvalue weighted by Crippen LogP contribution is 2.25. The van der Waals surface area contributed by atoms with Gasteiger partial charge < -0.3 is 4.74 Å². The highest BCUT2D eigenvalue weighted by molar-refractivity contribution is 5.96. The van der Waals surface area contributed by atoms with Crippen LogP contribution < -0.4 is 10.3 Å². The molecule has 3 aromatic rings. The molecule has 0 saturated carbocycles. The van der Waals surface area contributed by atoms with Crippen LogP contribution >= 0.6 is 0 Å². The van der Waals surface area contributed by atoms with Crippen LogP contribution in [0.4, 0.5) is 0 Å². The Hall–Kier alpha value is -2.50. The quantitative estimate of drug-likeness (QED) is 0.438. The predicted molar refractivity (Wildman–Crippen MR) is 98.0 cm³/mol. The molecule has 0 saturated heterocycles. The Kier molecular flexibility index (Phi) is 5.93. The summed E-state index contributed by atoms with van der Waals surface area (Å²) in [5.74, 6) is 0.476. The van der Waals surface area contributed by atoms with E-state index in [0.717, 1.165) is 29.8 Å². The highest BCUT2D eigenvalue weighted by atomic mass is 16.5. The van der Waals surface area contributed by atoms with Gasteiger partial charge in [0, 0.05) is 10.8 Å². The van der Waals surface area contributed by atoms with Crippen LogP contribution in [-0.4, -0.2) is 26.4 Å². The lowest BCUT2D eigenvalue weighted by Gasteiger charge is -2.10. The van der Waals surface area contributed by atoms with E-state index in [1.54, 1.807) is 0 Å². The molecule has 2 heterocycles. The highest BCUT2D eigenvalue weighted by Gasteiger charge is 2.11. The van der Waals surface area contributed by atoms with E-state index >= 15 is 0 Å². The Balaban J connectivity index is 1.70. The molecule has 3 rings (SSSR count). The number of aromatic nitrogens is 4. The molecule has 0 aliphatic carbocycles. The molecule has 6 heteroatoms. The molecular formula is C19H24N4O2. The Morgan fingerprint density at radius 1 is 1.00 bits per heavy atom. The molecule has 0 amide bonds. The summed E-state index contributed by atoms with van der Waals surface area (Å²) in [6.07, 6.45) is 9.75. The average Bonchev–Trinajstić information content (AvgIpc) is 2.64. The van der Waals surface area contributed by atoms with Crippen molar-refractivity contribution in [1.82, 2.24) is 19.8 Å². The van der Waals surface area contributed by atoms with Crippen LogP contribution in [0, 0.1) is 0 Å². The number of benzene rings is 1. The van der Waals surface area contributed by atoms with Gasteiger partial charge in [-0.1, -0.05) is 63.6 Å². The van der Waals surface area contributed by atoms with E-state index in [1.807, 2.05) is 24.3 Å². The second-order valence-corrected chi connectivity index (χ2v) is 6.24. The van der Waals surface area contributed by atoms with Crippen molar-refractivity contribution in [3.05, 3.63) is 40.8 Å². The van der Waals surface area contributed by atoms with Crippen molar-refractivity contribution >= 4 is 16.4 Å². The number of fused-ring (bicyclic) bond motifs is 3. The molecule has 0 aliphatic heterocycles. The summed E-state index contributed by atoms with van der Waals surface area (Å²) in [5, 5.41) is 13.8. The van der Waals surface area contributed by atoms with Gasteiger partial charge in [-0.2, -0.15) is 9.61 Å². The first-order valence-electron chi connectivity index (χ1n) is 9.07. The van der Waals surface area contributed by atoms with Crippen molar-refractivity contribution in [2.24, 2.45) is 0 Å². The van der Waals surface area contributed by atoms with Crippen molar-refractivity contribution in [3.63, 3.8) is 0 Å². The molecule has 25 heavy (non-hydrogen) atoms. The zero-order chi connectivity index (χ0) is 17.5. The lowest BCUT2D eigenvalue weighted by molar-refractivity contribution is 0.292. The molecule has 0 N–H and O–H groups in total. The minimum absolute atomic E-state index is 0.309. The van der Waals surface area contributed by atoms with Gasteiger partial charge >= 0.3 is 0 Å². The fourth-order valence-electron chi connectivity index (χ4n) is 2.94. The van der Waals surface area contributed by atoms with Crippen molar-refractivity contribution in [2.45, 2.75) is 51.9 Å². The van der Waals surface area contributed by atoms with Crippen LogP contribution in [0.25, 0.3) is 16.4 Å². The molecule has 0 fully saturated rings. The Morgan fingerprint density at radius 2 is 1.72 bits per heavy atom. The first kappa shape index (κ1) is 17.3. The molecule has 6 nitrogen and oxygen atoms in total. The van der Waals surface area contributed by atoms with E-state index < -0.39 is 0 Å². The van der Waals surface area contributed by atoms with Crippen LogP contribution in [0.15, 0.2) is 35.3 Å². The fraction of sp³-hybridized carbons (Fsp3) is 0.474. The third-order valence-electron chi connectivity index (χ3n) is 4.31. The van der Waals surface area contributed by atoms with Crippen LogP contribution in [0.3, 0.4) is 0 Å². The zero-order valence-corrected chi connectivity index (χ0v) is 14.6. The van der Waals surface area contributed by atoms with E-state index in [2.05, 4.69) is 22.2 Å². The average molecular weight is 340 g/mol. The lowest BCUT2D eigenvalue weighted by Crippen LogP contribution is -2.18. The maximum Gasteiger partial charge on any atom is 0.293 e. The van der Waals surface area contributed by atoms with Gasteiger partial charge in [-0.05, 0) is 12.5 Å². The van der Waals surface area contributed by atoms with E-state index in [9.17, 15) is 4.79 Å². The Bertz CT molecular complexity index is 891. The van der Waals surface area contributed by atoms with Gasteiger partial charge in [-0.15, -0.1) is 10.2 Å². The van der Waals surface area contributed by atoms with Gasteiger partial charge in [0.2, 0.25) is 5.88 Å². The molecule has 132 valence electrons. The number of unbranched alkanes of at least 4 members (excludes halogenated alkanes) is 6. The fourth-order valence-corrected chi connectivity index (χ4v) is 2.94. The number of hydrogen-bond acceptors (Lipinski definition) is 5. The molecule has 0 atom stereocenters. The molecule has 0 aliphatic rings. The van der Waals surface area contributed by atoms with Gasteiger partial charge in [-0.25, -0.2) is 0 Å². The van der Waals surface area contributed by atoms with E-state index in [0.29, 0.717) is 18.1 Å². The minimum Gasteiger partial charge on any atom is -0.476 e. The van der Waals surface area contributed by atoms with Gasteiger partial charge in [-0.3, -0.25) is 4.79 Å². The third-order valence-corrected chi connectivity index (χ3v) is 4.31. The van der Waals surface area contributed by atoms with Gasteiger partial charge in [0.25, 0.3) is 5.56 Å². The number of nitrogens with zero attached hydrogens (tertiary/aromatic N) is 4.